The van der Waals surface area contributed by atoms with Gasteiger partial charge < -0.3 is 14.8 Å². The second kappa shape index (κ2) is 10.1. The first-order valence-electron chi connectivity index (χ1n) is 10.0. The van der Waals surface area contributed by atoms with Crippen LogP contribution >= 0.6 is 11.6 Å². The van der Waals surface area contributed by atoms with E-state index in [0.717, 1.165) is 54.6 Å². The fourth-order valence-corrected chi connectivity index (χ4v) is 3.45. The van der Waals surface area contributed by atoms with Gasteiger partial charge in [0.1, 0.15) is 5.75 Å². The molecule has 1 saturated heterocycles. The summed E-state index contributed by atoms with van der Waals surface area (Å²) >= 11 is 6.19. The number of nitrogens with zero attached hydrogens (tertiary/aromatic N) is 1. The van der Waals surface area contributed by atoms with Crippen LogP contribution in [0.4, 0.5) is 0 Å². The van der Waals surface area contributed by atoms with E-state index in [2.05, 4.69) is 34.5 Å². The third kappa shape index (κ3) is 6.20. The van der Waals surface area contributed by atoms with Crippen LogP contribution in [0, 0.1) is 13.8 Å². The van der Waals surface area contributed by atoms with Gasteiger partial charge in [0.25, 0.3) is 5.91 Å². The van der Waals surface area contributed by atoms with Crippen LogP contribution in [0.5, 0.6) is 5.75 Å². The summed E-state index contributed by atoms with van der Waals surface area (Å²) in [4.78, 5) is 14.8. The quantitative estimate of drug-likeness (QED) is 0.744. The molecule has 0 aromatic heterocycles. The Hall–Kier alpha value is -2.08. The number of hydrogen-bond acceptors (Lipinski definition) is 4. The molecule has 2 aromatic carbocycles. The van der Waals surface area contributed by atoms with E-state index in [4.69, 9.17) is 21.1 Å². The van der Waals surface area contributed by atoms with E-state index in [1.54, 1.807) is 6.92 Å². The van der Waals surface area contributed by atoms with Gasteiger partial charge in [-0.25, -0.2) is 0 Å². The Bertz CT molecular complexity index is 810. The minimum Gasteiger partial charge on any atom is -0.481 e. The Morgan fingerprint density at radius 2 is 1.72 bits per heavy atom. The molecule has 1 unspecified atom stereocenters. The van der Waals surface area contributed by atoms with Crippen molar-refractivity contribution in [2.45, 2.75) is 40.0 Å². The summed E-state index contributed by atoms with van der Waals surface area (Å²) in [6, 6.07) is 12.1. The van der Waals surface area contributed by atoms with Gasteiger partial charge in [-0.15, -0.1) is 0 Å². The van der Waals surface area contributed by atoms with Crippen molar-refractivity contribution in [2.75, 3.05) is 26.3 Å². The van der Waals surface area contributed by atoms with Crippen molar-refractivity contribution < 1.29 is 14.3 Å². The topological polar surface area (TPSA) is 50.8 Å². The Morgan fingerprint density at radius 1 is 1.14 bits per heavy atom. The SMILES string of the molecule is Cc1cc(OC(C)C(=O)NCc2ccc(CN3CCOCC3)cc2)cc(C)c1Cl. The number of carbonyl (C=O) groups is 1. The first-order chi connectivity index (χ1) is 13.9. The summed E-state index contributed by atoms with van der Waals surface area (Å²) in [6.07, 6.45) is -0.587. The molecular weight excluding hydrogens is 388 g/mol. The van der Waals surface area contributed by atoms with Crippen LogP contribution in [0.25, 0.3) is 0 Å². The van der Waals surface area contributed by atoms with Gasteiger partial charge in [0, 0.05) is 31.2 Å². The molecule has 156 valence electrons. The van der Waals surface area contributed by atoms with Gasteiger partial charge in [-0.05, 0) is 55.2 Å². The molecule has 1 aliphatic heterocycles. The van der Waals surface area contributed by atoms with Crippen LogP contribution in [0.2, 0.25) is 5.02 Å². The molecule has 1 heterocycles. The van der Waals surface area contributed by atoms with Gasteiger partial charge in [0.15, 0.2) is 6.10 Å². The third-order valence-electron chi connectivity index (χ3n) is 5.09. The number of ether oxygens (including phenoxy) is 2. The lowest BCUT2D eigenvalue weighted by Crippen LogP contribution is -2.36. The summed E-state index contributed by atoms with van der Waals surface area (Å²) < 4.78 is 11.2. The molecule has 2 aromatic rings. The number of rotatable bonds is 7. The van der Waals surface area contributed by atoms with Crippen molar-refractivity contribution in [3.63, 3.8) is 0 Å². The van der Waals surface area contributed by atoms with Gasteiger partial charge in [0.05, 0.1) is 13.2 Å². The lowest BCUT2D eigenvalue weighted by atomic mass is 10.1. The minimum atomic E-state index is -0.587. The van der Waals surface area contributed by atoms with Crippen LogP contribution in [0.15, 0.2) is 36.4 Å². The predicted octanol–water partition coefficient (Wildman–Crippen LogP) is 3.87. The second-order valence-electron chi connectivity index (χ2n) is 7.55. The van der Waals surface area contributed by atoms with E-state index in [0.29, 0.717) is 12.3 Å². The normalized spacial score (nSPS) is 15.7. The van der Waals surface area contributed by atoms with Crippen LogP contribution in [0.3, 0.4) is 0 Å². The molecule has 0 radical (unpaired) electrons. The summed E-state index contributed by atoms with van der Waals surface area (Å²) in [6.45, 7) is 10.6. The van der Waals surface area contributed by atoms with Gasteiger partial charge in [-0.2, -0.15) is 0 Å². The highest BCUT2D eigenvalue weighted by atomic mass is 35.5. The standard InChI is InChI=1S/C23H29ClN2O3/c1-16-12-21(13-17(2)22(16)24)29-18(3)23(27)25-14-19-4-6-20(7-5-19)15-26-8-10-28-11-9-26/h4-7,12-13,18H,8-11,14-15H2,1-3H3,(H,25,27). The molecule has 1 fully saturated rings. The zero-order valence-electron chi connectivity index (χ0n) is 17.3. The van der Waals surface area contributed by atoms with Gasteiger partial charge in [-0.1, -0.05) is 35.9 Å². The lowest BCUT2D eigenvalue weighted by Gasteiger charge is -2.26. The molecule has 1 amide bonds. The van der Waals surface area contributed by atoms with Crippen LogP contribution in [-0.2, 0) is 22.6 Å². The average molecular weight is 417 g/mol. The third-order valence-corrected chi connectivity index (χ3v) is 5.69. The van der Waals surface area contributed by atoms with Gasteiger partial charge >= 0.3 is 0 Å². The van der Waals surface area contributed by atoms with E-state index >= 15 is 0 Å². The maximum Gasteiger partial charge on any atom is 0.261 e. The van der Waals surface area contributed by atoms with Crippen molar-refractivity contribution in [3.8, 4) is 5.75 Å². The van der Waals surface area contributed by atoms with E-state index < -0.39 is 6.10 Å². The van der Waals surface area contributed by atoms with E-state index in [9.17, 15) is 4.79 Å². The van der Waals surface area contributed by atoms with Crippen molar-refractivity contribution in [1.82, 2.24) is 10.2 Å². The Kier molecular flexibility index (Phi) is 7.53. The lowest BCUT2D eigenvalue weighted by molar-refractivity contribution is -0.127. The average Bonchev–Trinajstić information content (AvgIpc) is 2.72. The highest BCUT2D eigenvalue weighted by Gasteiger charge is 2.16. The van der Waals surface area contributed by atoms with Crippen molar-refractivity contribution in [1.29, 1.82) is 0 Å². The van der Waals surface area contributed by atoms with Crippen LogP contribution < -0.4 is 10.1 Å². The molecule has 1 N–H and O–H groups in total. The number of nitrogens with one attached hydrogen (secondary N) is 1. The molecule has 0 aliphatic carbocycles. The smallest absolute Gasteiger partial charge is 0.261 e. The molecule has 1 aliphatic rings. The van der Waals surface area contributed by atoms with Crippen LogP contribution in [-0.4, -0.2) is 43.2 Å². The van der Waals surface area contributed by atoms with Gasteiger partial charge in [-0.3, -0.25) is 9.69 Å². The zero-order chi connectivity index (χ0) is 20.8. The first kappa shape index (κ1) is 21.6. The number of hydrogen-bond donors (Lipinski definition) is 1. The molecule has 0 saturated carbocycles. The Labute approximate surface area is 177 Å². The highest BCUT2D eigenvalue weighted by Crippen LogP contribution is 2.26. The van der Waals surface area contributed by atoms with Crippen molar-refractivity contribution in [2.24, 2.45) is 0 Å². The maximum absolute atomic E-state index is 12.4. The highest BCUT2D eigenvalue weighted by molar-refractivity contribution is 6.32. The second-order valence-corrected chi connectivity index (χ2v) is 7.93. The monoisotopic (exact) mass is 416 g/mol. The van der Waals surface area contributed by atoms with E-state index in [-0.39, 0.29) is 5.91 Å². The molecule has 5 nitrogen and oxygen atoms in total. The summed E-state index contributed by atoms with van der Waals surface area (Å²) in [5.41, 5.74) is 4.21. The number of aryl methyl sites for hydroxylation is 2. The maximum atomic E-state index is 12.4. The van der Waals surface area contributed by atoms with E-state index in [1.807, 2.05) is 26.0 Å². The Balaban J connectivity index is 1.48. The summed E-state index contributed by atoms with van der Waals surface area (Å²) in [7, 11) is 0. The molecule has 0 spiro atoms. The molecule has 6 heteroatoms. The summed E-state index contributed by atoms with van der Waals surface area (Å²) in [5.74, 6) is 0.507. The molecule has 0 bridgehead atoms. The number of amides is 1. The van der Waals surface area contributed by atoms with Gasteiger partial charge in [0.2, 0.25) is 0 Å². The van der Waals surface area contributed by atoms with Crippen molar-refractivity contribution >= 4 is 17.5 Å². The number of morpholine rings is 1. The predicted molar refractivity (Wildman–Crippen MR) is 115 cm³/mol. The fourth-order valence-electron chi connectivity index (χ4n) is 3.34. The fraction of sp³-hybridized carbons (Fsp3) is 0.435. The molecular formula is C23H29ClN2O3. The zero-order valence-corrected chi connectivity index (χ0v) is 18.1. The van der Waals surface area contributed by atoms with Crippen LogP contribution in [0.1, 0.15) is 29.2 Å². The molecule has 29 heavy (non-hydrogen) atoms. The Morgan fingerprint density at radius 3 is 2.34 bits per heavy atom. The number of carbonyl (C=O) groups excluding carboxylic acids is 1. The minimum absolute atomic E-state index is 0.146. The summed E-state index contributed by atoms with van der Waals surface area (Å²) in [5, 5.41) is 3.67. The van der Waals surface area contributed by atoms with Crippen molar-refractivity contribution in [3.05, 3.63) is 63.7 Å². The molecule has 1 atom stereocenters. The largest absolute Gasteiger partial charge is 0.481 e. The first-order valence-corrected chi connectivity index (χ1v) is 10.4. The van der Waals surface area contributed by atoms with E-state index in [1.165, 1.54) is 5.56 Å². The number of halogens is 1. The number of benzene rings is 2. The molecule has 3 rings (SSSR count).